The van der Waals surface area contributed by atoms with Crippen LogP contribution in [0, 0.1) is 6.92 Å². The molecule has 0 unspecified atom stereocenters. The van der Waals surface area contributed by atoms with Crippen LogP contribution in [0.5, 0.6) is 0 Å². The molecule has 8 heteroatoms. The zero-order valence-corrected chi connectivity index (χ0v) is 14.7. The van der Waals surface area contributed by atoms with Gasteiger partial charge >= 0.3 is 12.1 Å². The molecule has 0 bridgehead atoms. The molecule has 0 radical (unpaired) electrons. The average molecular weight is 368 g/mol. The first-order chi connectivity index (χ1) is 13.1. The van der Waals surface area contributed by atoms with Crippen LogP contribution in [0.15, 0.2) is 63.8 Å². The number of aryl methyl sites for hydroxylation is 1. The molecule has 0 spiro atoms. The Bertz CT molecular complexity index is 889. The van der Waals surface area contributed by atoms with E-state index in [1.54, 1.807) is 48.9 Å². The molecule has 1 aromatic carbocycles. The molecule has 3 aromatic rings. The summed E-state index contributed by atoms with van der Waals surface area (Å²) in [5.41, 5.74) is 2.01. The van der Waals surface area contributed by atoms with E-state index in [0.29, 0.717) is 22.9 Å². The van der Waals surface area contributed by atoms with Crippen molar-refractivity contribution in [1.82, 2.24) is 10.6 Å². The lowest BCUT2D eigenvalue weighted by Gasteiger charge is -2.12. The fraction of sp³-hybridized carbons (Fsp3) is 0.158. The van der Waals surface area contributed by atoms with Gasteiger partial charge in [-0.25, -0.2) is 9.59 Å². The Morgan fingerprint density at radius 1 is 0.852 bits per heavy atom. The summed E-state index contributed by atoms with van der Waals surface area (Å²) in [4.78, 5) is 24.0. The summed E-state index contributed by atoms with van der Waals surface area (Å²) in [6.45, 7) is 2.43. The monoisotopic (exact) mass is 368 g/mol. The largest absolute Gasteiger partial charge is 0.467 e. The van der Waals surface area contributed by atoms with Gasteiger partial charge in [0, 0.05) is 11.4 Å². The predicted octanol–water partition coefficient (Wildman–Crippen LogP) is 3.82. The molecular weight excluding hydrogens is 348 g/mol. The molecule has 27 heavy (non-hydrogen) atoms. The molecule has 4 amide bonds. The van der Waals surface area contributed by atoms with E-state index in [0.717, 1.165) is 5.56 Å². The number of furan rings is 2. The molecule has 2 heterocycles. The Hall–Kier alpha value is -3.68. The first kappa shape index (κ1) is 18.1. The second-order valence-corrected chi connectivity index (χ2v) is 5.80. The lowest BCUT2D eigenvalue weighted by atomic mass is 10.2. The van der Waals surface area contributed by atoms with Gasteiger partial charge in [0.25, 0.3) is 0 Å². The van der Waals surface area contributed by atoms with Crippen LogP contribution >= 0.6 is 0 Å². The molecule has 140 valence electrons. The quantitative estimate of drug-likeness (QED) is 0.530. The Kier molecular flexibility index (Phi) is 5.78. The Morgan fingerprint density at radius 2 is 1.44 bits per heavy atom. The first-order valence-corrected chi connectivity index (χ1v) is 8.35. The van der Waals surface area contributed by atoms with Gasteiger partial charge in [0.2, 0.25) is 0 Å². The van der Waals surface area contributed by atoms with E-state index in [-0.39, 0.29) is 25.2 Å². The van der Waals surface area contributed by atoms with E-state index in [2.05, 4.69) is 21.3 Å². The minimum absolute atomic E-state index is 0.283. The van der Waals surface area contributed by atoms with Gasteiger partial charge in [0.05, 0.1) is 25.6 Å². The third-order valence-electron chi connectivity index (χ3n) is 3.75. The van der Waals surface area contributed by atoms with Gasteiger partial charge in [0.1, 0.15) is 11.5 Å². The van der Waals surface area contributed by atoms with Gasteiger partial charge < -0.3 is 30.1 Å². The molecule has 0 fully saturated rings. The highest BCUT2D eigenvalue weighted by Crippen LogP contribution is 2.20. The third-order valence-corrected chi connectivity index (χ3v) is 3.75. The van der Waals surface area contributed by atoms with Crippen LogP contribution in [-0.4, -0.2) is 12.1 Å². The second kappa shape index (κ2) is 8.61. The van der Waals surface area contributed by atoms with Gasteiger partial charge in [-0.05, 0) is 48.9 Å². The fourth-order valence-electron chi connectivity index (χ4n) is 2.34. The minimum Gasteiger partial charge on any atom is -0.467 e. The van der Waals surface area contributed by atoms with E-state index in [4.69, 9.17) is 8.83 Å². The van der Waals surface area contributed by atoms with Crippen LogP contribution in [0.4, 0.5) is 21.0 Å². The number of nitrogens with one attached hydrogen (secondary N) is 4. The van der Waals surface area contributed by atoms with E-state index in [9.17, 15) is 9.59 Å². The molecule has 0 aliphatic carbocycles. The first-order valence-electron chi connectivity index (χ1n) is 8.35. The van der Waals surface area contributed by atoms with Crippen molar-refractivity contribution in [2.45, 2.75) is 20.0 Å². The van der Waals surface area contributed by atoms with E-state index in [1.807, 2.05) is 13.0 Å². The number of benzene rings is 1. The number of urea groups is 2. The third kappa shape index (κ3) is 5.40. The Balaban J connectivity index is 1.53. The van der Waals surface area contributed by atoms with E-state index >= 15 is 0 Å². The lowest BCUT2D eigenvalue weighted by molar-refractivity contribution is 0.250. The van der Waals surface area contributed by atoms with Crippen molar-refractivity contribution in [3.63, 3.8) is 0 Å². The molecule has 0 atom stereocenters. The zero-order chi connectivity index (χ0) is 19.1. The second-order valence-electron chi connectivity index (χ2n) is 5.80. The molecular formula is C19H20N4O4. The van der Waals surface area contributed by atoms with E-state index < -0.39 is 0 Å². The fourth-order valence-corrected chi connectivity index (χ4v) is 2.34. The number of anilines is 2. The standard InChI is InChI=1S/C19H20N4O4/c1-13-6-7-14(22-18(24)20-11-15-4-2-8-26-15)10-17(13)23-19(25)21-12-16-5-3-9-27-16/h2-10H,11-12H2,1H3,(H2,20,22,24)(H2,21,23,25). The van der Waals surface area contributed by atoms with Gasteiger partial charge in [-0.1, -0.05) is 6.07 Å². The number of hydrogen-bond donors (Lipinski definition) is 4. The van der Waals surface area contributed by atoms with Crippen LogP contribution in [0.25, 0.3) is 0 Å². The van der Waals surface area contributed by atoms with Crippen molar-refractivity contribution in [3.05, 3.63) is 72.1 Å². The molecule has 0 saturated carbocycles. The summed E-state index contributed by atoms with van der Waals surface area (Å²) in [6.07, 6.45) is 3.09. The van der Waals surface area contributed by atoms with Crippen molar-refractivity contribution in [3.8, 4) is 0 Å². The summed E-state index contributed by atoms with van der Waals surface area (Å²) >= 11 is 0. The maximum Gasteiger partial charge on any atom is 0.319 e. The predicted molar refractivity (Wildman–Crippen MR) is 100 cm³/mol. The number of hydrogen-bond acceptors (Lipinski definition) is 4. The van der Waals surface area contributed by atoms with Gasteiger partial charge in [0.15, 0.2) is 0 Å². The smallest absolute Gasteiger partial charge is 0.319 e. The molecule has 4 N–H and O–H groups in total. The number of rotatable bonds is 6. The maximum atomic E-state index is 12.1. The van der Waals surface area contributed by atoms with Gasteiger partial charge in [-0.3, -0.25) is 0 Å². The van der Waals surface area contributed by atoms with Crippen LogP contribution in [0.2, 0.25) is 0 Å². The van der Waals surface area contributed by atoms with Crippen molar-refractivity contribution in [2.75, 3.05) is 10.6 Å². The summed E-state index contributed by atoms with van der Waals surface area (Å²) in [5.74, 6) is 1.31. The summed E-state index contributed by atoms with van der Waals surface area (Å²) < 4.78 is 10.3. The van der Waals surface area contributed by atoms with Crippen LogP contribution in [0.1, 0.15) is 17.1 Å². The number of carbonyl (C=O) groups is 2. The van der Waals surface area contributed by atoms with Gasteiger partial charge in [-0.15, -0.1) is 0 Å². The highest BCUT2D eigenvalue weighted by molar-refractivity contribution is 5.93. The minimum atomic E-state index is -0.372. The molecule has 2 aromatic heterocycles. The van der Waals surface area contributed by atoms with Crippen molar-refractivity contribution in [2.24, 2.45) is 0 Å². The highest BCUT2D eigenvalue weighted by atomic mass is 16.3. The molecule has 8 nitrogen and oxygen atoms in total. The summed E-state index contributed by atoms with van der Waals surface area (Å²) in [7, 11) is 0. The zero-order valence-electron chi connectivity index (χ0n) is 14.7. The van der Waals surface area contributed by atoms with Crippen LogP contribution in [0.3, 0.4) is 0 Å². The van der Waals surface area contributed by atoms with Crippen molar-refractivity contribution >= 4 is 23.4 Å². The number of carbonyl (C=O) groups excluding carboxylic acids is 2. The molecule has 0 aliphatic heterocycles. The SMILES string of the molecule is Cc1ccc(NC(=O)NCc2ccco2)cc1NC(=O)NCc1ccco1. The maximum absolute atomic E-state index is 12.1. The molecule has 0 aliphatic rings. The van der Waals surface area contributed by atoms with Gasteiger partial charge in [-0.2, -0.15) is 0 Å². The summed E-state index contributed by atoms with van der Waals surface area (Å²) in [5, 5.41) is 10.9. The summed E-state index contributed by atoms with van der Waals surface area (Å²) in [6, 6.07) is 11.6. The molecule has 3 rings (SSSR count). The normalized spacial score (nSPS) is 10.3. The van der Waals surface area contributed by atoms with Crippen LogP contribution < -0.4 is 21.3 Å². The molecule has 0 saturated heterocycles. The van der Waals surface area contributed by atoms with Crippen LogP contribution in [-0.2, 0) is 13.1 Å². The Morgan fingerprint density at radius 3 is 2.00 bits per heavy atom. The highest BCUT2D eigenvalue weighted by Gasteiger charge is 2.08. The average Bonchev–Trinajstić information content (AvgIpc) is 3.35. The Labute approximate surface area is 155 Å². The van der Waals surface area contributed by atoms with E-state index in [1.165, 1.54) is 0 Å². The lowest BCUT2D eigenvalue weighted by Crippen LogP contribution is -2.29. The number of amides is 4. The topological polar surface area (TPSA) is 109 Å². The van der Waals surface area contributed by atoms with Crippen molar-refractivity contribution < 1.29 is 18.4 Å². The van der Waals surface area contributed by atoms with Crippen molar-refractivity contribution in [1.29, 1.82) is 0 Å².